The molecule has 5 heteroatoms. The van der Waals surface area contributed by atoms with E-state index in [-0.39, 0.29) is 44.5 Å². The molecule has 1 radical (unpaired) electrons. The van der Waals surface area contributed by atoms with Crippen LogP contribution in [0.3, 0.4) is 0 Å². The molecular formula is C9H17N2O2Y-. The van der Waals surface area contributed by atoms with Crippen molar-refractivity contribution in [2.75, 3.05) is 27.2 Å². The standard InChI is InChI=1S/C9H17N2O2.Y/c1-10-6-4-5-8(7-10)9(12)11(2)13-3;/h8H,1,4-7H2,2-3H3;/q-1;. The first kappa shape index (κ1) is 14.5. The molecular weight excluding hydrogens is 257 g/mol. The van der Waals surface area contributed by atoms with Crippen molar-refractivity contribution in [2.24, 2.45) is 5.92 Å². The van der Waals surface area contributed by atoms with Crippen molar-refractivity contribution in [2.45, 2.75) is 12.8 Å². The fraction of sp³-hybridized carbons (Fsp3) is 0.778. The Hall–Kier alpha value is 0.494. The van der Waals surface area contributed by atoms with Gasteiger partial charge in [-0.15, -0.1) is 0 Å². The summed E-state index contributed by atoms with van der Waals surface area (Å²) >= 11 is 0. The topological polar surface area (TPSA) is 32.8 Å². The fourth-order valence-electron chi connectivity index (χ4n) is 1.60. The molecule has 0 spiro atoms. The SMILES string of the molecule is [CH2-]N1CCCC(C(=O)N(C)OC)C1.[Y]. The molecule has 0 N–H and O–H groups in total. The van der Waals surface area contributed by atoms with Gasteiger partial charge in [0.1, 0.15) is 0 Å². The maximum atomic E-state index is 11.6. The number of carbonyl (C=O) groups is 1. The van der Waals surface area contributed by atoms with Crippen molar-refractivity contribution in [3.05, 3.63) is 7.05 Å². The van der Waals surface area contributed by atoms with Gasteiger partial charge in [0, 0.05) is 39.8 Å². The average molecular weight is 274 g/mol. The Morgan fingerprint density at radius 3 is 2.79 bits per heavy atom. The largest absolute Gasteiger partial charge is 0.459 e. The van der Waals surface area contributed by atoms with E-state index >= 15 is 0 Å². The Balaban J connectivity index is 0.00000169. The van der Waals surface area contributed by atoms with Crippen LogP contribution in [0.1, 0.15) is 12.8 Å². The van der Waals surface area contributed by atoms with Crippen LogP contribution in [0.2, 0.25) is 0 Å². The number of rotatable bonds is 2. The predicted octanol–water partition coefficient (Wildman–Crippen LogP) is 0.507. The normalized spacial score (nSPS) is 22.6. The molecule has 0 saturated carbocycles. The summed E-state index contributed by atoms with van der Waals surface area (Å²) in [5.74, 6) is 0.104. The summed E-state index contributed by atoms with van der Waals surface area (Å²) < 4.78 is 0. The van der Waals surface area contributed by atoms with Gasteiger partial charge in [0.2, 0.25) is 5.91 Å². The van der Waals surface area contributed by atoms with Crippen LogP contribution < -0.4 is 0 Å². The van der Waals surface area contributed by atoms with Crippen molar-refractivity contribution < 1.29 is 42.3 Å². The van der Waals surface area contributed by atoms with Gasteiger partial charge >= 0.3 is 0 Å². The van der Waals surface area contributed by atoms with E-state index in [9.17, 15) is 4.79 Å². The second-order valence-electron chi connectivity index (χ2n) is 3.43. The summed E-state index contributed by atoms with van der Waals surface area (Å²) in [5, 5.41) is 1.30. The molecule has 0 aromatic heterocycles. The summed E-state index contributed by atoms with van der Waals surface area (Å²) in [6.45, 7) is 1.73. The predicted molar refractivity (Wildman–Crippen MR) is 49.4 cm³/mol. The van der Waals surface area contributed by atoms with Gasteiger partial charge in [0.25, 0.3) is 0 Å². The van der Waals surface area contributed by atoms with E-state index in [1.165, 1.54) is 12.2 Å². The molecule has 1 aliphatic rings. The van der Waals surface area contributed by atoms with Gasteiger partial charge in [-0.2, -0.15) is 0 Å². The van der Waals surface area contributed by atoms with Crippen LogP contribution >= 0.6 is 0 Å². The Bertz CT molecular complexity index is 190. The third-order valence-electron chi connectivity index (χ3n) is 2.44. The second-order valence-corrected chi connectivity index (χ2v) is 3.43. The molecule has 0 aromatic rings. The number of nitrogens with zero attached hydrogens (tertiary/aromatic N) is 2. The van der Waals surface area contributed by atoms with Crippen molar-refractivity contribution in [1.82, 2.24) is 9.96 Å². The summed E-state index contributed by atoms with van der Waals surface area (Å²) in [7, 11) is 6.98. The summed E-state index contributed by atoms with van der Waals surface area (Å²) in [6.07, 6.45) is 1.98. The molecule has 1 atom stereocenters. The van der Waals surface area contributed by atoms with Crippen LogP contribution in [-0.2, 0) is 42.3 Å². The molecule has 4 nitrogen and oxygen atoms in total. The minimum absolute atomic E-state index is 0. The minimum Gasteiger partial charge on any atom is -0.459 e. The molecule has 1 rings (SSSR count). The molecule has 79 valence electrons. The van der Waals surface area contributed by atoms with Gasteiger partial charge in [-0.05, 0) is 25.9 Å². The second kappa shape index (κ2) is 6.88. The molecule has 0 bridgehead atoms. The zero-order valence-corrected chi connectivity index (χ0v) is 11.7. The zero-order valence-electron chi connectivity index (χ0n) is 8.90. The Morgan fingerprint density at radius 1 is 1.64 bits per heavy atom. The van der Waals surface area contributed by atoms with E-state index in [4.69, 9.17) is 4.84 Å². The van der Waals surface area contributed by atoms with Crippen LogP contribution in [-0.4, -0.2) is 43.1 Å². The molecule has 1 saturated heterocycles. The van der Waals surface area contributed by atoms with Crippen molar-refractivity contribution >= 4 is 5.91 Å². The Morgan fingerprint density at radius 2 is 2.29 bits per heavy atom. The fourth-order valence-corrected chi connectivity index (χ4v) is 1.60. The summed E-state index contributed by atoms with van der Waals surface area (Å²) in [4.78, 5) is 18.4. The number of likely N-dealkylation sites (tertiary alicyclic amines) is 1. The summed E-state index contributed by atoms with van der Waals surface area (Å²) in [6, 6.07) is 0. The van der Waals surface area contributed by atoms with Crippen molar-refractivity contribution in [1.29, 1.82) is 0 Å². The van der Waals surface area contributed by atoms with E-state index in [1.54, 1.807) is 7.05 Å². The first-order valence-electron chi connectivity index (χ1n) is 4.52. The Kier molecular flexibility index (Phi) is 7.13. The quantitative estimate of drug-likeness (QED) is 0.543. The van der Waals surface area contributed by atoms with E-state index in [1.807, 2.05) is 4.90 Å². The number of carbonyl (C=O) groups excluding carboxylic acids is 1. The monoisotopic (exact) mass is 274 g/mol. The maximum absolute atomic E-state index is 11.6. The number of piperidine rings is 1. The van der Waals surface area contributed by atoms with Gasteiger partial charge in [-0.25, -0.2) is 5.06 Å². The van der Waals surface area contributed by atoms with E-state index in [0.717, 1.165) is 25.9 Å². The zero-order chi connectivity index (χ0) is 9.84. The average Bonchev–Trinajstić information content (AvgIpc) is 2.15. The first-order valence-corrected chi connectivity index (χ1v) is 4.52. The maximum Gasteiger partial charge on any atom is 0.250 e. The van der Waals surface area contributed by atoms with E-state index in [2.05, 4.69) is 7.05 Å². The van der Waals surface area contributed by atoms with Crippen molar-refractivity contribution in [3.8, 4) is 0 Å². The molecule has 1 fully saturated rings. The molecule has 1 heterocycles. The minimum atomic E-state index is 0. The van der Waals surface area contributed by atoms with Gasteiger partial charge in [-0.3, -0.25) is 16.7 Å². The molecule has 1 unspecified atom stereocenters. The molecule has 1 aliphatic heterocycles. The molecule has 0 aliphatic carbocycles. The van der Waals surface area contributed by atoms with Gasteiger partial charge in [0.15, 0.2) is 0 Å². The van der Waals surface area contributed by atoms with Crippen LogP contribution in [0.15, 0.2) is 0 Å². The number of amides is 1. The molecule has 14 heavy (non-hydrogen) atoms. The third-order valence-corrected chi connectivity index (χ3v) is 2.44. The van der Waals surface area contributed by atoms with E-state index < -0.39 is 0 Å². The van der Waals surface area contributed by atoms with Gasteiger partial charge in [0.05, 0.1) is 13.0 Å². The van der Waals surface area contributed by atoms with Crippen LogP contribution in [0.25, 0.3) is 0 Å². The smallest absolute Gasteiger partial charge is 0.250 e. The number of hydroxylamine groups is 2. The number of hydrogen-bond acceptors (Lipinski definition) is 3. The third kappa shape index (κ3) is 3.93. The Labute approximate surface area is 111 Å². The first-order chi connectivity index (χ1) is 6.15. The van der Waals surface area contributed by atoms with Gasteiger partial charge < -0.3 is 4.90 Å². The van der Waals surface area contributed by atoms with E-state index in [0.29, 0.717) is 0 Å². The number of hydrogen-bond donors (Lipinski definition) is 0. The van der Waals surface area contributed by atoms with Gasteiger partial charge in [-0.1, -0.05) is 0 Å². The summed E-state index contributed by atoms with van der Waals surface area (Å²) in [5.41, 5.74) is 0. The van der Waals surface area contributed by atoms with Crippen molar-refractivity contribution in [3.63, 3.8) is 0 Å². The van der Waals surface area contributed by atoms with Crippen LogP contribution in [0, 0.1) is 13.0 Å². The van der Waals surface area contributed by atoms with Crippen LogP contribution in [0.4, 0.5) is 0 Å². The molecule has 0 aromatic carbocycles. The molecule has 1 amide bonds. The van der Waals surface area contributed by atoms with Crippen LogP contribution in [0.5, 0.6) is 0 Å².